The number of para-hydroxylation sites is 1. The Balaban J connectivity index is 1.49. The van der Waals surface area contributed by atoms with Crippen LogP contribution in [0, 0.1) is 6.92 Å². The van der Waals surface area contributed by atoms with E-state index in [1.54, 1.807) is 18.2 Å². The molecule has 0 unspecified atom stereocenters. The van der Waals surface area contributed by atoms with E-state index in [0.717, 1.165) is 11.3 Å². The lowest BCUT2D eigenvalue weighted by atomic mass is 10.1. The first-order valence-electron chi connectivity index (χ1n) is 8.37. The van der Waals surface area contributed by atoms with E-state index in [1.165, 1.54) is 27.8 Å². The maximum absolute atomic E-state index is 12.5. The molecule has 0 spiro atoms. The van der Waals surface area contributed by atoms with Crippen molar-refractivity contribution in [3.8, 4) is 11.3 Å². The molecule has 1 amide bonds. The fourth-order valence-electron chi connectivity index (χ4n) is 2.72. The van der Waals surface area contributed by atoms with Gasteiger partial charge in [-0.25, -0.2) is 9.97 Å². The van der Waals surface area contributed by atoms with Crippen molar-refractivity contribution in [3.63, 3.8) is 0 Å². The Labute approximate surface area is 159 Å². The van der Waals surface area contributed by atoms with Crippen LogP contribution in [-0.4, -0.2) is 20.4 Å². The zero-order valence-corrected chi connectivity index (χ0v) is 15.4. The van der Waals surface area contributed by atoms with Gasteiger partial charge in [0.25, 0.3) is 5.56 Å². The molecule has 0 aliphatic heterocycles. The van der Waals surface area contributed by atoms with Crippen molar-refractivity contribution in [2.75, 3.05) is 5.32 Å². The molecule has 0 fully saturated rings. The molecule has 0 bridgehead atoms. The minimum atomic E-state index is -0.320. The first-order chi connectivity index (χ1) is 13.1. The zero-order chi connectivity index (χ0) is 18.8. The molecule has 2 heterocycles. The summed E-state index contributed by atoms with van der Waals surface area (Å²) in [5.74, 6) is -0.320. The number of rotatable bonds is 4. The molecule has 0 radical (unpaired) electrons. The number of carbonyl (C=O) groups excluding carboxylic acids is 1. The fourth-order valence-corrected chi connectivity index (χ4v) is 3.46. The van der Waals surface area contributed by atoms with E-state index in [0.29, 0.717) is 16.0 Å². The van der Waals surface area contributed by atoms with Crippen molar-refractivity contribution in [1.29, 1.82) is 0 Å². The summed E-state index contributed by atoms with van der Waals surface area (Å²) >= 11 is 1.35. The average Bonchev–Trinajstić information content (AvgIpc) is 3.13. The molecule has 0 aliphatic carbocycles. The lowest BCUT2D eigenvalue weighted by Crippen LogP contribution is -2.27. The van der Waals surface area contributed by atoms with E-state index in [1.807, 2.05) is 42.6 Å². The monoisotopic (exact) mass is 376 g/mol. The molecule has 1 N–H and O–H groups in total. The van der Waals surface area contributed by atoms with Crippen molar-refractivity contribution in [2.24, 2.45) is 0 Å². The van der Waals surface area contributed by atoms with E-state index in [4.69, 9.17) is 0 Å². The Hall–Kier alpha value is -3.32. The van der Waals surface area contributed by atoms with E-state index in [9.17, 15) is 9.59 Å². The van der Waals surface area contributed by atoms with E-state index in [-0.39, 0.29) is 18.0 Å². The number of thiazole rings is 1. The predicted octanol–water partition coefficient (Wildman–Crippen LogP) is 3.47. The second kappa shape index (κ2) is 7.13. The van der Waals surface area contributed by atoms with Crippen LogP contribution >= 0.6 is 11.3 Å². The maximum atomic E-state index is 12.5. The number of hydrogen-bond acceptors (Lipinski definition) is 5. The van der Waals surface area contributed by atoms with Crippen LogP contribution < -0.4 is 10.9 Å². The maximum Gasteiger partial charge on any atom is 0.261 e. The number of benzene rings is 2. The summed E-state index contributed by atoms with van der Waals surface area (Å²) < 4.78 is 1.30. The second-order valence-electron chi connectivity index (χ2n) is 6.15. The number of hydrogen-bond donors (Lipinski definition) is 1. The number of carbonyl (C=O) groups is 1. The third-order valence-corrected chi connectivity index (χ3v) is 4.90. The van der Waals surface area contributed by atoms with Gasteiger partial charge >= 0.3 is 0 Å². The summed E-state index contributed by atoms with van der Waals surface area (Å²) in [4.78, 5) is 33.5. The average molecular weight is 376 g/mol. The number of fused-ring (bicyclic) bond motifs is 1. The fraction of sp³-hybridized carbons (Fsp3) is 0.100. The van der Waals surface area contributed by atoms with Gasteiger partial charge in [-0.1, -0.05) is 42.0 Å². The minimum Gasteiger partial charge on any atom is -0.300 e. The lowest BCUT2D eigenvalue weighted by molar-refractivity contribution is -0.116. The SMILES string of the molecule is Cc1ccc(-c2csc(NC(=O)Cn3cnc4ccccc4c3=O)n2)cc1. The van der Waals surface area contributed by atoms with Crippen LogP contribution in [0.2, 0.25) is 0 Å². The Morgan fingerprint density at radius 1 is 1.15 bits per heavy atom. The number of amides is 1. The van der Waals surface area contributed by atoms with Crippen molar-refractivity contribution in [2.45, 2.75) is 13.5 Å². The second-order valence-corrected chi connectivity index (χ2v) is 7.00. The number of aromatic nitrogens is 3. The molecule has 0 saturated heterocycles. The molecular weight excluding hydrogens is 360 g/mol. The Morgan fingerprint density at radius 3 is 2.74 bits per heavy atom. The van der Waals surface area contributed by atoms with Gasteiger partial charge in [-0.15, -0.1) is 11.3 Å². The molecule has 134 valence electrons. The molecule has 4 rings (SSSR count). The highest BCUT2D eigenvalue weighted by Gasteiger charge is 2.11. The number of anilines is 1. The highest BCUT2D eigenvalue weighted by atomic mass is 32.1. The molecule has 4 aromatic rings. The highest BCUT2D eigenvalue weighted by molar-refractivity contribution is 7.14. The largest absolute Gasteiger partial charge is 0.300 e. The highest BCUT2D eigenvalue weighted by Crippen LogP contribution is 2.25. The van der Waals surface area contributed by atoms with Crippen LogP contribution in [0.1, 0.15) is 5.56 Å². The summed E-state index contributed by atoms with van der Waals surface area (Å²) in [6.07, 6.45) is 1.39. The van der Waals surface area contributed by atoms with Crippen LogP contribution in [0.15, 0.2) is 65.0 Å². The third kappa shape index (κ3) is 3.63. The molecule has 2 aromatic heterocycles. The van der Waals surface area contributed by atoms with Gasteiger partial charge in [-0.05, 0) is 19.1 Å². The summed E-state index contributed by atoms with van der Waals surface area (Å²) in [5.41, 5.74) is 3.35. The van der Waals surface area contributed by atoms with Crippen molar-refractivity contribution in [3.05, 3.63) is 76.2 Å². The molecule has 6 nitrogen and oxygen atoms in total. The molecule has 2 aromatic carbocycles. The molecular formula is C20H16N4O2S. The Bertz CT molecular complexity index is 1180. The molecule has 0 atom stereocenters. The van der Waals surface area contributed by atoms with Crippen LogP contribution in [0.25, 0.3) is 22.2 Å². The number of nitrogens with zero attached hydrogens (tertiary/aromatic N) is 3. The van der Waals surface area contributed by atoms with Gasteiger partial charge in [0, 0.05) is 10.9 Å². The predicted molar refractivity (Wildman–Crippen MR) is 107 cm³/mol. The summed E-state index contributed by atoms with van der Waals surface area (Å²) in [5, 5.41) is 5.63. The van der Waals surface area contributed by atoms with Crippen molar-refractivity contribution >= 4 is 33.3 Å². The summed E-state index contributed by atoms with van der Waals surface area (Å²) in [6, 6.07) is 15.1. The van der Waals surface area contributed by atoms with Crippen molar-refractivity contribution in [1.82, 2.24) is 14.5 Å². The molecule has 0 aliphatic rings. The topological polar surface area (TPSA) is 76.9 Å². The van der Waals surface area contributed by atoms with Gasteiger partial charge in [-0.3, -0.25) is 14.2 Å². The minimum absolute atomic E-state index is 0.115. The van der Waals surface area contributed by atoms with E-state index in [2.05, 4.69) is 15.3 Å². The standard InChI is InChI=1S/C20H16N4O2S/c1-13-6-8-14(9-7-13)17-11-27-20(22-17)23-18(25)10-24-12-21-16-5-3-2-4-15(16)19(24)26/h2-9,11-12H,10H2,1H3,(H,22,23,25). The molecule has 27 heavy (non-hydrogen) atoms. The van der Waals surface area contributed by atoms with Gasteiger partial charge < -0.3 is 5.32 Å². The molecule has 0 saturated carbocycles. The molecule has 7 heteroatoms. The van der Waals surface area contributed by atoms with Gasteiger partial charge in [0.1, 0.15) is 6.54 Å². The van der Waals surface area contributed by atoms with Gasteiger partial charge in [0.15, 0.2) is 5.13 Å². The van der Waals surface area contributed by atoms with Crippen LogP contribution in [-0.2, 0) is 11.3 Å². The van der Waals surface area contributed by atoms with Gasteiger partial charge in [0.05, 0.1) is 22.9 Å². The number of aryl methyl sites for hydroxylation is 1. The lowest BCUT2D eigenvalue weighted by Gasteiger charge is -2.06. The smallest absolute Gasteiger partial charge is 0.261 e. The first-order valence-corrected chi connectivity index (χ1v) is 9.25. The first kappa shape index (κ1) is 17.1. The normalized spacial score (nSPS) is 10.9. The Morgan fingerprint density at radius 2 is 1.93 bits per heavy atom. The van der Waals surface area contributed by atoms with Crippen LogP contribution in [0.5, 0.6) is 0 Å². The quantitative estimate of drug-likeness (QED) is 0.592. The summed E-state index contributed by atoms with van der Waals surface area (Å²) in [6.45, 7) is 1.91. The van der Waals surface area contributed by atoms with Gasteiger partial charge in [-0.2, -0.15) is 0 Å². The zero-order valence-electron chi connectivity index (χ0n) is 14.5. The van der Waals surface area contributed by atoms with Crippen LogP contribution in [0.4, 0.5) is 5.13 Å². The Kier molecular flexibility index (Phi) is 4.52. The van der Waals surface area contributed by atoms with Crippen LogP contribution in [0.3, 0.4) is 0 Å². The number of nitrogens with one attached hydrogen (secondary N) is 1. The van der Waals surface area contributed by atoms with E-state index < -0.39 is 0 Å². The van der Waals surface area contributed by atoms with E-state index >= 15 is 0 Å². The van der Waals surface area contributed by atoms with Crippen molar-refractivity contribution < 1.29 is 4.79 Å². The summed E-state index contributed by atoms with van der Waals surface area (Å²) in [7, 11) is 0. The van der Waals surface area contributed by atoms with Gasteiger partial charge in [0.2, 0.25) is 5.91 Å². The third-order valence-electron chi connectivity index (χ3n) is 4.14.